The van der Waals surface area contributed by atoms with Crippen molar-refractivity contribution < 1.29 is 26.9 Å². The van der Waals surface area contributed by atoms with Crippen LogP contribution in [-0.4, -0.2) is 31.6 Å². The van der Waals surface area contributed by atoms with Crippen LogP contribution >= 0.6 is 11.6 Å². The number of benzene rings is 2. The van der Waals surface area contributed by atoms with E-state index in [0.717, 1.165) is 6.20 Å². The number of carbonyl (C=O) groups excluding carboxylic acids is 1. The summed E-state index contributed by atoms with van der Waals surface area (Å²) in [6.45, 7) is 1.68. The van der Waals surface area contributed by atoms with Crippen molar-refractivity contribution in [3.05, 3.63) is 77.9 Å². The van der Waals surface area contributed by atoms with E-state index in [2.05, 4.69) is 19.4 Å². The van der Waals surface area contributed by atoms with Gasteiger partial charge in [0.25, 0.3) is 10.0 Å². The first-order chi connectivity index (χ1) is 17.2. The Morgan fingerprint density at radius 1 is 1.17 bits per heavy atom. The van der Waals surface area contributed by atoms with E-state index < -0.39 is 10.0 Å². The van der Waals surface area contributed by atoms with Gasteiger partial charge in [-0.2, -0.15) is 0 Å². The largest absolute Gasteiger partial charge is 0.495 e. The molecule has 12 heteroatoms. The number of anilines is 3. The number of methoxy groups -OCH3 is 1. The second kappa shape index (κ2) is 10.3. The molecule has 0 aliphatic heterocycles. The summed E-state index contributed by atoms with van der Waals surface area (Å²) in [5.74, 6) is -0.228. The zero-order valence-electron chi connectivity index (χ0n) is 19.1. The first-order valence-electron chi connectivity index (χ1n) is 10.6. The molecule has 2 aromatic carbocycles. The Hall–Kier alpha value is -3.96. The number of nitrogens with one attached hydrogen (secondary N) is 1. The van der Waals surface area contributed by atoms with Crippen molar-refractivity contribution in [3.8, 4) is 16.9 Å². The second-order valence-electron chi connectivity index (χ2n) is 7.44. The smallest absolute Gasteiger partial charge is 0.264 e. The molecule has 4 aromatic rings. The van der Waals surface area contributed by atoms with E-state index in [1.807, 2.05) is 0 Å². The fraction of sp³-hybridized carbons (Fsp3) is 0.125. The molecule has 0 spiro atoms. The molecule has 0 bridgehead atoms. The van der Waals surface area contributed by atoms with Crippen LogP contribution in [0.15, 0.2) is 76.5 Å². The van der Waals surface area contributed by atoms with Crippen LogP contribution in [0.4, 0.5) is 21.7 Å². The van der Waals surface area contributed by atoms with E-state index in [4.69, 9.17) is 16.3 Å². The third kappa shape index (κ3) is 5.16. The summed E-state index contributed by atoms with van der Waals surface area (Å²) in [6, 6.07) is 13.0. The van der Waals surface area contributed by atoms with Crippen molar-refractivity contribution >= 4 is 44.9 Å². The topological polar surface area (TPSA) is 115 Å². The monoisotopic (exact) mass is 530 g/mol. The van der Waals surface area contributed by atoms with Gasteiger partial charge in [-0.25, -0.2) is 17.8 Å². The Morgan fingerprint density at radius 2 is 1.92 bits per heavy atom. The van der Waals surface area contributed by atoms with Crippen molar-refractivity contribution in [2.75, 3.05) is 16.7 Å². The van der Waals surface area contributed by atoms with Crippen LogP contribution in [0.3, 0.4) is 0 Å². The summed E-state index contributed by atoms with van der Waals surface area (Å²) in [7, 11) is -2.55. The normalized spacial score (nSPS) is 11.2. The molecule has 36 heavy (non-hydrogen) atoms. The van der Waals surface area contributed by atoms with Gasteiger partial charge in [-0.1, -0.05) is 35.8 Å². The quantitative estimate of drug-likeness (QED) is 0.324. The van der Waals surface area contributed by atoms with Crippen LogP contribution in [0.2, 0.25) is 5.02 Å². The highest BCUT2D eigenvalue weighted by Gasteiger charge is 2.25. The average Bonchev–Trinajstić information content (AvgIpc) is 3.37. The molecule has 0 fully saturated rings. The van der Waals surface area contributed by atoms with Crippen LogP contribution in [-0.2, 0) is 14.8 Å². The summed E-state index contributed by atoms with van der Waals surface area (Å²) >= 11 is 6.56. The second-order valence-corrected chi connectivity index (χ2v) is 9.53. The van der Waals surface area contributed by atoms with Gasteiger partial charge in [-0.3, -0.25) is 14.4 Å². The predicted octanol–water partition coefficient (Wildman–Crippen LogP) is 5.41. The number of amides is 1. The van der Waals surface area contributed by atoms with Crippen LogP contribution in [0.25, 0.3) is 11.1 Å². The number of hydrogen-bond acceptors (Lipinski definition) is 7. The lowest BCUT2D eigenvalue weighted by Gasteiger charge is -2.24. The SMILES string of the molecule is CCC(=O)N(c1ccc(S(=O)(=O)Nc2ccon2)cn1)c1cc(Cl)c(-c2ccc(F)cc2)cc1OC. The van der Waals surface area contributed by atoms with Crippen molar-refractivity contribution in [2.45, 2.75) is 18.2 Å². The zero-order valence-corrected chi connectivity index (χ0v) is 20.7. The number of carbonyl (C=O) groups is 1. The van der Waals surface area contributed by atoms with Crippen molar-refractivity contribution in [2.24, 2.45) is 0 Å². The molecule has 0 unspecified atom stereocenters. The highest BCUT2D eigenvalue weighted by Crippen LogP contribution is 2.41. The molecule has 0 saturated carbocycles. The average molecular weight is 531 g/mol. The summed E-state index contributed by atoms with van der Waals surface area (Å²) < 4.78 is 51.0. The Balaban J connectivity index is 1.73. The molecule has 0 saturated heterocycles. The van der Waals surface area contributed by atoms with Crippen LogP contribution in [0.5, 0.6) is 5.75 Å². The number of nitrogens with zero attached hydrogens (tertiary/aromatic N) is 3. The lowest BCUT2D eigenvalue weighted by atomic mass is 10.0. The summed E-state index contributed by atoms with van der Waals surface area (Å²) in [5.41, 5.74) is 1.55. The maximum Gasteiger partial charge on any atom is 0.264 e. The molecule has 1 N–H and O–H groups in total. The molecule has 9 nitrogen and oxygen atoms in total. The maximum absolute atomic E-state index is 13.4. The van der Waals surface area contributed by atoms with Crippen LogP contribution in [0.1, 0.15) is 13.3 Å². The molecular formula is C24H20ClFN4O5S. The van der Waals surface area contributed by atoms with Crippen molar-refractivity contribution in [1.82, 2.24) is 10.1 Å². The molecule has 0 atom stereocenters. The molecule has 0 aliphatic carbocycles. The van der Waals surface area contributed by atoms with E-state index in [0.29, 0.717) is 27.6 Å². The highest BCUT2D eigenvalue weighted by atomic mass is 35.5. The van der Waals surface area contributed by atoms with Crippen LogP contribution in [0, 0.1) is 5.82 Å². The molecule has 4 rings (SSSR count). The standard InChI is InChI=1S/C24H20ClFN4O5S/c1-3-24(31)30(23-9-8-17(14-27-23)36(32,33)29-22-10-11-35-28-22)20-13-19(25)18(12-21(20)34-2)15-4-6-16(26)7-5-15/h4-14H,3H2,1-2H3,(H,28,29). The fourth-order valence-electron chi connectivity index (χ4n) is 3.40. The van der Waals surface area contributed by atoms with Gasteiger partial charge in [0.2, 0.25) is 5.91 Å². The predicted molar refractivity (Wildman–Crippen MR) is 132 cm³/mol. The first-order valence-corrected chi connectivity index (χ1v) is 12.4. The number of rotatable bonds is 8. The molecule has 1 amide bonds. The lowest BCUT2D eigenvalue weighted by Crippen LogP contribution is -2.26. The molecule has 2 heterocycles. The fourth-order valence-corrected chi connectivity index (χ4v) is 4.61. The van der Waals surface area contributed by atoms with Gasteiger partial charge in [0, 0.05) is 24.2 Å². The van der Waals surface area contributed by atoms with Gasteiger partial charge < -0.3 is 9.26 Å². The van der Waals surface area contributed by atoms with E-state index in [-0.39, 0.29) is 34.7 Å². The third-order valence-electron chi connectivity index (χ3n) is 5.15. The number of halogens is 2. The van der Waals surface area contributed by atoms with Gasteiger partial charge in [0.15, 0.2) is 5.82 Å². The van der Waals surface area contributed by atoms with E-state index in [9.17, 15) is 17.6 Å². The Morgan fingerprint density at radius 3 is 2.50 bits per heavy atom. The van der Waals surface area contributed by atoms with Crippen molar-refractivity contribution in [3.63, 3.8) is 0 Å². The third-order valence-corrected chi connectivity index (χ3v) is 6.81. The Labute approximate surface area is 211 Å². The Kier molecular flexibility index (Phi) is 7.22. The summed E-state index contributed by atoms with van der Waals surface area (Å²) in [6.07, 6.45) is 2.47. The van der Waals surface area contributed by atoms with Gasteiger partial charge in [0.1, 0.15) is 28.5 Å². The molecule has 0 aliphatic rings. The number of hydrogen-bond donors (Lipinski definition) is 1. The molecule has 2 aromatic heterocycles. The Bertz CT molecular complexity index is 1480. The lowest BCUT2D eigenvalue weighted by molar-refractivity contribution is -0.117. The highest BCUT2D eigenvalue weighted by molar-refractivity contribution is 7.92. The minimum absolute atomic E-state index is 0.0162. The van der Waals surface area contributed by atoms with E-state index in [1.165, 1.54) is 48.6 Å². The number of sulfonamides is 1. The molecular weight excluding hydrogens is 511 g/mol. The summed E-state index contributed by atoms with van der Waals surface area (Å²) in [4.78, 5) is 18.3. The number of ether oxygens (including phenoxy) is 1. The van der Waals surface area contributed by atoms with E-state index in [1.54, 1.807) is 31.2 Å². The van der Waals surface area contributed by atoms with E-state index >= 15 is 0 Å². The van der Waals surface area contributed by atoms with Gasteiger partial charge >= 0.3 is 0 Å². The molecule has 0 radical (unpaired) electrons. The van der Waals surface area contributed by atoms with Gasteiger partial charge in [0.05, 0.1) is 17.8 Å². The molecule has 186 valence electrons. The number of aromatic nitrogens is 2. The minimum Gasteiger partial charge on any atom is -0.495 e. The van der Waals surface area contributed by atoms with Crippen LogP contribution < -0.4 is 14.4 Å². The van der Waals surface area contributed by atoms with Crippen molar-refractivity contribution in [1.29, 1.82) is 0 Å². The first kappa shape index (κ1) is 25.1. The van der Waals surface area contributed by atoms with Gasteiger partial charge in [-0.05, 0) is 42.0 Å². The zero-order chi connectivity index (χ0) is 25.9. The van der Waals surface area contributed by atoms with Gasteiger partial charge in [-0.15, -0.1) is 0 Å². The summed E-state index contributed by atoms with van der Waals surface area (Å²) in [5, 5.41) is 3.82. The minimum atomic E-state index is -3.99. The number of pyridine rings is 1. The maximum atomic E-state index is 13.4.